The van der Waals surface area contributed by atoms with Crippen LogP contribution in [0.25, 0.3) is 0 Å². The van der Waals surface area contributed by atoms with E-state index in [1.165, 1.54) is 11.3 Å². The Labute approximate surface area is 133 Å². The molecule has 8 heteroatoms. The molecular formula is C14H20N4O3S. The standard InChI is InChI=1S/C14H20N4O3S/c1-8-10(22-12(17-8)14(2,3)4)11(20)15-5-6-18-9(19)7-16-13(18)21/h5-7H2,1-4H3,(H,15,20)(H,16,21). The van der Waals surface area contributed by atoms with Crippen molar-refractivity contribution < 1.29 is 14.4 Å². The maximum Gasteiger partial charge on any atom is 0.324 e. The van der Waals surface area contributed by atoms with E-state index in [2.05, 4.69) is 15.6 Å². The zero-order valence-electron chi connectivity index (χ0n) is 13.1. The summed E-state index contributed by atoms with van der Waals surface area (Å²) in [5.74, 6) is -0.499. The molecule has 1 fully saturated rings. The summed E-state index contributed by atoms with van der Waals surface area (Å²) in [6.45, 7) is 8.36. The Morgan fingerprint density at radius 2 is 2.09 bits per heavy atom. The number of nitrogens with zero attached hydrogens (tertiary/aromatic N) is 2. The summed E-state index contributed by atoms with van der Waals surface area (Å²) in [4.78, 5) is 41.1. The molecule has 1 saturated heterocycles. The Balaban J connectivity index is 1.94. The Bertz CT molecular complexity index is 602. The molecule has 0 aromatic carbocycles. The predicted octanol–water partition coefficient (Wildman–Crippen LogP) is 1.03. The first-order valence-electron chi connectivity index (χ1n) is 7.04. The molecule has 2 N–H and O–H groups in total. The first kappa shape index (κ1) is 16.4. The molecule has 0 aliphatic carbocycles. The maximum absolute atomic E-state index is 12.2. The number of hydrogen-bond donors (Lipinski definition) is 2. The van der Waals surface area contributed by atoms with Crippen molar-refractivity contribution in [3.05, 3.63) is 15.6 Å². The minimum absolute atomic E-state index is 0.0235. The van der Waals surface area contributed by atoms with Crippen LogP contribution in [0.5, 0.6) is 0 Å². The molecule has 1 aliphatic rings. The van der Waals surface area contributed by atoms with Gasteiger partial charge in [0.15, 0.2) is 0 Å². The summed E-state index contributed by atoms with van der Waals surface area (Å²) in [5.41, 5.74) is 0.594. The van der Waals surface area contributed by atoms with Crippen LogP contribution in [0.4, 0.5) is 4.79 Å². The topological polar surface area (TPSA) is 91.4 Å². The minimum Gasteiger partial charge on any atom is -0.349 e. The molecule has 2 rings (SSSR count). The van der Waals surface area contributed by atoms with Crippen molar-refractivity contribution in [2.45, 2.75) is 33.1 Å². The fourth-order valence-corrected chi connectivity index (χ4v) is 3.01. The van der Waals surface area contributed by atoms with Crippen LogP contribution in [0.3, 0.4) is 0 Å². The van der Waals surface area contributed by atoms with Gasteiger partial charge in [-0.15, -0.1) is 11.3 Å². The van der Waals surface area contributed by atoms with E-state index in [-0.39, 0.29) is 36.9 Å². The number of imide groups is 1. The molecule has 0 radical (unpaired) electrons. The molecule has 1 aromatic rings. The molecule has 22 heavy (non-hydrogen) atoms. The molecule has 4 amide bonds. The molecular weight excluding hydrogens is 304 g/mol. The van der Waals surface area contributed by atoms with E-state index in [0.717, 1.165) is 9.91 Å². The monoisotopic (exact) mass is 324 g/mol. The fourth-order valence-electron chi connectivity index (χ4n) is 1.97. The number of aryl methyl sites for hydroxylation is 1. The van der Waals surface area contributed by atoms with Crippen molar-refractivity contribution in [3.63, 3.8) is 0 Å². The Morgan fingerprint density at radius 3 is 2.59 bits per heavy atom. The molecule has 1 aromatic heterocycles. The minimum atomic E-state index is -0.414. The summed E-state index contributed by atoms with van der Waals surface area (Å²) >= 11 is 1.38. The highest BCUT2D eigenvalue weighted by Gasteiger charge is 2.28. The quantitative estimate of drug-likeness (QED) is 0.809. The molecule has 0 saturated carbocycles. The van der Waals surface area contributed by atoms with Gasteiger partial charge in [0.05, 0.1) is 17.2 Å². The predicted molar refractivity (Wildman–Crippen MR) is 83.0 cm³/mol. The number of hydrogen-bond acceptors (Lipinski definition) is 5. The lowest BCUT2D eigenvalue weighted by Crippen LogP contribution is -2.38. The first-order valence-corrected chi connectivity index (χ1v) is 7.86. The van der Waals surface area contributed by atoms with E-state index in [0.29, 0.717) is 10.6 Å². The molecule has 0 spiro atoms. The summed E-state index contributed by atoms with van der Waals surface area (Å²) in [7, 11) is 0. The van der Waals surface area contributed by atoms with Crippen molar-refractivity contribution in [2.24, 2.45) is 0 Å². The van der Waals surface area contributed by atoms with Crippen LogP contribution in [0.15, 0.2) is 0 Å². The Kier molecular flexibility index (Phi) is 4.50. The first-order chi connectivity index (χ1) is 10.2. The lowest BCUT2D eigenvalue weighted by atomic mass is 9.98. The third kappa shape index (κ3) is 3.44. The smallest absolute Gasteiger partial charge is 0.324 e. The largest absolute Gasteiger partial charge is 0.349 e. The van der Waals surface area contributed by atoms with Crippen LogP contribution in [-0.2, 0) is 10.2 Å². The zero-order valence-corrected chi connectivity index (χ0v) is 14.0. The lowest BCUT2D eigenvalue weighted by Gasteiger charge is -2.13. The summed E-state index contributed by atoms with van der Waals surface area (Å²) in [6, 6.07) is -0.414. The van der Waals surface area contributed by atoms with Crippen LogP contribution in [0.1, 0.15) is 41.1 Å². The van der Waals surface area contributed by atoms with Crippen molar-refractivity contribution >= 4 is 29.2 Å². The number of thiazole rings is 1. The maximum atomic E-state index is 12.2. The van der Waals surface area contributed by atoms with Gasteiger partial charge in [0.2, 0.25) is 5.91 Å². The van der Waals surface area contributed by atoms with Crippen molar-refractivity contribution in [3.8, 4) is 0 Å². The van der Waals surface area contributed by atoms with Crippen molar-refractivity contribution in [1.82, 2.24) is 20.5 Å². The van der Waals surface area contributed by atoms with Crippen molar-refractivity contribution in [1.29, 1.82) is 0 Å². The molecule has 0 bridgehead atoms. The Hall–Kier alpha value is -1.96. The van der Waals surface area contributed by atoms with Gasteiger partial charge in [0.1, 0.15) is 4.88 Å². The van der Waals surface area contributed by atoms with E-state index >= 15 is 0 Å². The van der Waals surface area contributed by atoms with E-state index in [1.54, 1.807) is 6.92 Å². The van der Waals surface area contributed by atoms with Gasteiger partial charge in [-0.2, -0.15) is 0 Å². The molecule has 0 atom stereocenters. The number of rotatable bonds is 4. The summed E-state index contributed by atoms with van der Waals surface area (Å²) in [6.07, 6.45) is 0. The second-order valence-electron chi connectivity index (χ2n) is 6.14. The van der Waals surface area contributed by atoms with Gasteiger partial charge in [-0.1, -0.05) is 20.8 Å². The molecule has 2 heterocycles. The van der Waals surface area contributed by atoms with Crippen LogP contribution >= 0.6 is 11.3 Å². The number of carbonyl (C=O) groups excluding carboxylic acids is 3. The highest BCUT2D eigenvalue weighted by molar-refractivity contribution is 7.14. The number of amides is 4. The van der Waals surface area contributed by atoms with Gasteiger partial charge < -0.3 is 10.6 Å². The SMILES string of the molecule is Cc1nc(C(C)(C)C)sc1C(=O)NCCN1C(=O)CNC1=O. The van der Waals surface area contributed by atoms with Gasteiger partial charge in [-0.3, -0.25) is 14.5 Å². The molecule has 0 unspecified atom stereocenters. The van der Waals surface area contributed by atoms with Crippen LogP contribution in [0.2, 0.25) is 0 Å². The average Bonchev–Trinajstić information content (AvgIpc) is 2.95. The molecule has 1 aliphatic heterocycles. The van der Waals surface area contributed by atoms with Crippen LogP contribution in [0, 0.1) is 6.92 Å². The number of nitrogens with one attached hydrogen (secondary N) is 2. The van der Waals surface area contributed by atoms with E-state index in [4.69, 9.17) is 0 Å². The van der Waals surface area contributed by atoms with Gasteiger partial charge in [-0.05, 0) is 6.92 Å². The van der Waals surface area contributed by atoms with E-state index < -0.39 is 6.03 Å². The average molecular weight is 324 g/mol. The van der Waals surface area contributed by atoms with Crippen LogP contribution in [-0.4, -0.2) is 47.4 Å². The van der Waals surface area contributed by atoms with E-state index in [9.17, 15) is 14.4 Å². The van der Waals surface area contributed by atoms with E-state index in [1.807, 2.05) is 20.8 Å². The number of aromatic nitrogens is 1. The summed E-state index contributed by atoms with van der Waals surface area (Å²) in [5, 5.41) is 6.07. The van der Waals surface area contributed by atoms with Gasteiger partial charge in [0.25, 0.3) is 5.91 Å². The highest BCUT2D eigenvalue weighted by atomic mass is 32.1. The fraction of sp³-hybridized carbons (Fsp3) is 0.571. The lowest BCUT2D eigenvalue weighted by molar-refractivity contribution is -0.124. The van der Waals surface area contributed by atoms with Crippen molar-refractivity contribution in [2.75, 3.05) is 19.6 Å². The Morgan fingerprint density at radius 1 is 1.41 bits per heavy atom. The number of urea groups is 1. The van der Waals surface area contributed by atoms with Crippen LogP contribution < -0.4 is 10.6 Å². The summed E-state index contributed by atoms with van der Waals surface area (Å²) < 4.78 is 0. The molecule has 7 nitrogen and oxygen atoms in total. The number of carbonyl (C=O) groups is 3. The second kappa shape index (κ2) is 6.04. The van der Waals surface area contributed by atoms with Gasteiger partial charge >= 0.3 is 6.03 Å². The molecule has 120 valence electrons. The third-order valence-corrected chi connectivity index (χ3v) is 4.78. The third-order valence-electron chi connectivity index (χ3n) is 3.20. The normalized spacial score (nSPS) is 15.2. The van der Waals surface area contributed by atoms with Gasteiger partial charge in [0, 0.05) is 18.5 Å². The highest BCUT2D eigenvalue weighted by Crippen LogP contribution is 2.29. The van der Waals surface area contributed by atoms with Gasteiger partial charge in [-0.25, -0.2) is 9.78 Å². The second-order valence-corrected chi connectivity index (χ2v) is 7.14. The zero-order chi connectivity index (χ0) is 16.5.